The third-order valence-electron chi connectivity index (χ3n) is 1.12. The Morgan fingerprint density at radius 2 is 1.78 bits per heavy atom. The molecule has 1 saturated heterocycles. The van der Waals surface area contributed by atoms with E-state index >= 15 is 0 Å². The molecule has 1 rings (SSSR count). The van der Waals surface area contributed by atoms with Crippen molar-refractivity contribution in [3.05, 3.63) is 0 Å². The van der Waals surface area contributed by atoms with E-state index in [0.717, 1.165) is 13.2 Å². The summed E-state index contributed by atoms with van der Waals surface area (Å²) in [5, 5.41) is 0. The van der Waals surface area contributed by atoms with Gasteiger partial charge in [-0.15, -0.1) is 0 Å². The molecule has 1 aliphatic heterocycles. The highest BCUT2D eigenvalue weighted by atomic mass is 32.4. The lowest BCUT2D eigenvalue weighted by atomic mass is 9.97. The minimum absolute atomic E-state index is 0.164. The van der Waals surface area contributed by atoms with Crippen molar-refractivity contribution < 1.29 is 9.05 Å². The maximum atomic E-state index is 5.15. The molecule has 1 aliphatic rings. The quantitative estimate of drug-likeness (QED) is 0.510. The lowest BCUT2D eigenvalue weighted by Crippen LogP contribution is -2.26. The molecule has 0 atom stereocenters. The second kappa shape index (κ2) is 2.59. The predicted octanol–water partition coefficient (Wildman–Crippen LogP) is 1.83. The van der Waals surface area contributed by atoms with E-state index in [1.165, 1.54) is 0 Å². The van der Waals surface area contributed by atoms with Gasteiger partial charge in [-0.25, -0.2) is 0 Å². The van der Waals surface area contributed by atoms with E-state index in [9.17, 15) is 0 Å². The van der Waals surface area contributed by atoms with Gasteiger partial charge in [-0.3, -0.25) is 0 Å². The van der Waals surface area contributed by atoms with Crippen LogP contribution in [0, 0.1) is 5.41 Å². The molecule has 0 unspecified atom stereocenters. The number of hydrogen-bond donors (Lipinski definition) is 0. The van der Waals surface area contributed by atoms with Crippen LogP contribution in [0.5, 0.6) is 0 Å². The van der Waals surface area contributed by atoms with Crippen molar-refractivity contribution in [1.82, 2.24) is 0 Å². The summed E-state index contributed by atoms with van der Waals surface area (Å²) in [5.74, 6) is 0. The molecule has 4 heteroatoms. The second-order valence-corrected chi connectivity index (χ2v) is 4.79. The van der Waals surface area contributed by atoms with Gasteiger partial charge in [-0.1, -0.05) is 13.8 Å². The zero-order chi connectivity index (χ0) is 6.91. The first-order valence-corrected chi connectivity index (χ1v) is 5.02. The van der Waals surface area contributed by atoms with Crippen LogP contribution < -0.4 is 0 Å². The van der Waals surface area contributed by atoms with Crippen molar-refractivity contribution in [1.29, 1.82) is 0 Å². The molecule has 1 fully saturated rings. The fourth-order valence-electron chi connectivity index (χ4n) is 0.534. The largest absolute Gasteiger partial charge is 0.304 e. The standard InChI is InChI=1S/C5H10O2PS/c1-5(2)3-6-8(9)7-4-5/h3-4H2,1-2H3. The normalized spacial score (nSPS) is 26.2. The van der Waals surface area contributed by atoms with Crippen LogP contribution in [0.15, 0.2) is 0 Å². The molecule has 1 heterocycles. The lowest BCUT2D eigenvalue weighted by molar-refractivity contribution is 0.0701. The SMILES string of the molecule is CC1(C)CO[P](=S)OC1. The van der Waals surface area contributed by atoms with Crippen LogP contribution in [0.25, 0.3) is 0 Å². The van der Waals surface area contributed by atoms with Gasteiger partial charge < -0.3 is 9.05 Å². The first kappa shape index (κ1) is 7.55. The van der Waals surface area contributed by atoms with E-state index in [0.29, 0.717) is 0 Å². The average Bonchev–Trinajstić information content (AvgIpc) is 1.78. The van der Waals surface area contributed by atoms with Crippen molar-refractivity contribution in [2.45, 2.75) is 13.8 Å². The lowest BCUT2D eigenvalue weighted by Gasteiger charge is -2.28. The van der Waals surface area contributed by atoms with E-state index < -0.39 is 7.15 Å². The topological polar surface area (TPSA) is 18.5 Å². The van der Waals surface area contributed by atoms with Gasteiger partial charge in [0.15, 0.2) is 0 Å². The Kier molecular flexibility index (Phi) is 2.17. The van der Waals surface area contributed by atoms with E-state index in [-0.39, 0.29) is 5.41 Å². The van der Waals surface area contributed by atoms with Gasteiger partial charge in [-0.2, -0.15) is 0 Å². The maximum Gasteiger partial charge on any atom is 0.201 e. The summed E-state index contributed by atoms with van der Waals surface area (Å²) in [5.41, 5.74) is 0.164. The Bertz CT molecular complexity index is 123. The molecule has 0 spiro atoms. The number of hydrogen-bond acceptors (Lipinski definition) is 3. The van der Waals surface area contributed by atoms with Crippen molar-refractivity contribution in [3.8, 4) is 0 Å². The molecule has 0 bridgehead atoms. The predicted molar refractivity (Wildman–Crippen MR) is 40.0 cm³/mol. The molecule has 1 radical (unpaired) electrons. The third-order valence-corrected chi connectivity index (χ3v) is 2.43. The minimum atomic E-state index is -0.967. The highest BCUT2D eigenvalue weighted by Crippen LogP contribution is 2.36. The van der Waals surface area contributed by atoms with Gasteiger partial charge in [0.25, 0.3) is 0 Å². The van der Waals surface area contributed by atoms with Crippen LogP contribution in [0.4, 0.5) is 0 Å². The van der Waals surface area contributed by atoms with E-state index in [4.69, 9.17) is 20.9 Å². The van der Waals surface area contributed by atoms with Crippen LogP contribution >= 0.6 is 7.15 Å². The summed E-state index contributed by atoms with van der Waals surface area (Å²) in [6.07, 6.45) is 0. The van der Waals surface area contributed by atoms with Gasteiger partial charge >= 0.3 is 0 Å². The van der Waals surface area contributed by atoms with Crippen molar-refractivity contribution >= 4 is 19.0 Å². The van der Waals surface area contributed by atoms with Crippen molar-refractivity contribution in [3.63, 3.8) is 0 Å². The van der Waals surface area contributed by atoms with Crippen LogP contribution in [0.2, 0.25) is 0 Å². The van der Waals surface area contributed by atoms with Crippen LogP contribution in [-0.2, 0) is 20.9 Å². The highest BCUT2D eigenvalue weighted by molar-refractivity contribution is 8.00. The van der Waals surface area contributed by atoms with Crippen molar-refractivity contribution in [2.75, 3.05) is 13.2 Å². The molecule has 0 aromatic carbocycles. The van der Waals surface area contributed by atoms with Gasteiger partial charge in [-0.05, 0) is 11.8 Å². The summed E-state index contributed by atoms with van der Waals surface area (Å²) in [7, 11) is -0.967. The molecule has 0 amide bonds. The maximum absolute atomic E-state index is 5.15. The van der Waals surface area contributed by atoms with Crippen LogP contribution in [-0.4, -0.2) is 13.2 Å². The molecule has 0 aromatic rings. The smallest absolute Gasteiger partial charge is 0.201 e. The molecule has 9 heavy (non-hydrogen) atoms. The summed E-state index contributed by atoms with van der Waals surface area (Å²) >= 11 is 4.81. The van der Waals surface area contributed by atoms with Crippen LogP contribution in [0.1, 0.15) is 13.8 Å². The zero-order valence-electron chi connectivity index (χ0n) is 5.59. The van der Waals surface area contributed by atoms with E-state index in [1.807, 2.05) is 0 Å². The molecule has 0 aliphatic carbocycles. The second-order valence-electron chi connectivity index (χ2n) is 2.93. The van der Waals surface area contributed by atoms with Gasteiger partial charge in [0, 0.05) is 5.41 Å². The Hall–Kier alpha value is 0.440. The monoisotopic (exact) mass is 165 g/mol. The van der Waals surface area contributed by atoms with Gasteiger partial charge in [0.1, 0.15) is 0 Å². The van der Waals surface area contributed by atoms with Gasteiger partial charge in [0.2, 0.25) is 7.15 Å². The molecule has 0 aromatic heterocycles. The first-order valence-electron chi connectivity index (χ1n) is 2.83. The molecule has 2 nitrogen and oxygen atoms in total. The minimum Gasteiger partial charge on any atom is -0.304 e. The third kappa shape index (κ3) is 2.26. The fraction of sp³-hybridized carbons (Fsp3) is 1.00. The van der Waals surface area contributed by atoms with Crippen molar-refractivity contribution in [2.24, 2.45) is 5.41 Å². The average molecular weight is 165 g/mol. The Balaban J connectivity index is 2.44. The first-order chi connectivity index (χ1) is 4.10. The Morgan fingerprint density at radius 1 is 1.33 bits per heavy atom. The summed E-state index contributed by atoms with van der Waals surface area (Å²) in [6.45, 7) is 5.68. The molecular formula is C5H10O2PS. The zero-order valence-corrected chi connectivity index (χ0v) is 7.30. The summed E-state index contributed by atoms with van der Waals surface area (Å²) in [6, 6.07) is 0. The highest BCUT2D eigenvalue weighted by Gasteiger charge is 2.24. The van der Waals surface area contributed by atoms with E-state index in [2.05, 4.69) is 13.8 Å². The molecule has 0 saturated carbocycles. The Morgan fingerprint density at radius 3 is 2.11 bits per heavy atom. The van der Waals surface area contributed by atoms with Gasteiger partial charge in [0.05, 0.1) is 13.2 Å². The molecule has 53 valence electrons. The molecular weight excluding hydrogens is 155 g/mol. The summed E-state index contributed by atoms with van der Waals surface area (Å²) in [4.78, 5) is 0. The molecule has 0 N–H and O–H groups in total. The van der Waals surface area contributed by atoms with E-state index in [1.54, 1.807) is 0 Å². The summed E-state index contributed by atoms with van der Waals surface area (Å²) < 4.78 is 10.3. The Labute approximate surface area is 61.1 Å². The fourth-order valence-corrected chi connectivity index (χ4v) is 1.83. The number of rotatable bonds is 0. The van der Waals surface area contributed by atoms with Crippen LogP contribution in [0.3, 0.4) is 0 Å².